The number of esters is 1. The summed E-state index contributed by atoms with van der Waals surface area (Å²) in [6.07, 6.45) is 4.74. The number of ether oxygens (including phenoxy) is 4. The lowest BCUT2D eigenvalue weighted by Gasteiger charge is -2.38. The number of hydrogen-bond acceptors (Lipinski definition) is 13. The van der Waals surface area contributed by atoms with E-state index in [1.807, 2.05) is 36.4 Å². The van der Waals surface area contributed by atoms with Crippen LogP contribution in [0.5, 0.6) is 23.0 Å². The van der Waals surface area contributed by atoms with Gasteiger partial charge in [-0.3, -0.25) is 19.4 Å². The molecule has 4 aromatic carbocycles. The second-order valence-electron chi connectivity index (χ2n) is 16.4. The van der Waals surface area contributed by atoms with Gasteiger partial charge >= 0.3 is 11.8 Å². The SMILES string of the molecule is CO[C@H]1/C=C/O[C@@]2(C)Oc3c(C)c(O)c4c(O)c(c(C=Nc5ccc6ccccc6c5)c(O)c4c3C2=O)NC(=O)/C(C)=C\C=C\[C@H](C)[C@H](O)[C@@H](C)[C@@H](O)[C@@H](C)[C@H](OC(C)=O)[C@@H]1C. The van der Waals surface area contributed by atoms with E-state index in [1.165, 1.54) is 59.4 Å². The lowest BCUT2D eigenvalue weighted by Crippen LogP contribution is -2.46. The number of aromatic hydroxyl groups is 3. The molecule has 0 aliphatic carbocycles. The zero-order chi connectivity index (χ0) is 45.4. The number of anilines is 1. The summed E-state index contributed by atoms with van der Waals surface area (Å²) in [5.41, 5.74) is -0.0152. The van der Waals surface area contributed by atoms with Gasteiger partial charge in [-0.15, -0.1) is 0 Å². The first kappa shape index (κ1) is 45.3. The Morgan fingerprint density at radius 1 is 0.887 bits per heavy atom. The van der Waals surface area contributed by atoms with Crippen molar-refractivity contribution in [2.75, 3.05) is 12.4 Å². The van der Waals surface area contributed by atoms with E-state index in [9.17, 15) is 39.9 Å². The van der Waals surface area contributed by atoms with Crippen LogP contribution in [0.2, 0.25) is 0 Å². The molecule has 0 aromatic heterocycles. The Labute approximate surface area is 359 Å². The van der Waals surface area contributed by atoms with Crippen molar-refractivity contribution in [3.8, 4) is 23.0 Å². The zero-order valence-corrected chi connectivity index (χ0v) is 36.2. The summed E-state index contributed by atoms with van der Waals surface area (Å²) in [4.78, 5) is 45.3. The second kappa shape index (κ2) is 18.0. The molecule has 0 fully saturated rings. The van der Waals surface area contributed by atoms with Crippen molar-refractivity contribution < 1.29 is 58.9 Å². The van der Waals surface area contributed by atoms with Gasteiger partial charge in [0.1, 0.15) is 23.4 Å². The first-order valence-corrected chi connectivity index (χ1v) is 20.4. The molecule has 0 radical (unpaired) electrons. The molecule has 3 aliphatic heterocycles. The van der Waals surface area contributed by atoms with Crippen LogP contribution in [-0.2, 0) is 23.8 Å². The van der Waals surface area contributed by atoms with Crippen LogP contribution < -0.4 is 10.1 Å². The van der Waals surface area contributed by atoms with Crippen molar-refractivity contribution in [2.24, 2.45) is 28.7 Å². The number of hydrogen-bond donors (Lipinski definition) is 6. The number of phenols is 3. The van der Waals surface area contributed by atoms with Crippen LogP contribution in [0.25, 0.3) is 21.5 Å². The topological polar surface area (TPSA) is 214 Å². The maximum absolute atomic E-state index is 14.5. The van der Waals surface area contributed by atoms with Crippen molar-refractivity contribution in [1.82, 2.24) is 0 Å². The Morgan fingerprint density at radius 2 is 1.58 bits per heavy atom. The normalized spacial score (nSPS) is 29.2. The largest absolute Gasteiger partial charge is 0.507 e. The molecule has 328 valence electrons. The van der Waals surface area contributed by atoms with Gasteiger partial charge in [-0.25, -0.2) is 0 Å². The van der Waals surface area contributed by atoms with E-state index < -0.39 is 88.8 Å². The number of Topliss-reactive ketones (excluding diaryl/α,β-unsaturated/α-hetero) is 1. The number of rotatable bonds is 4. The van der Waals surface area contributed by atoms with Crippen LogP contribution in [-0.4, -0.2) is 86.7 Å². The number of carbonyl (C=O) groups excluding carboxylic acids is 3. The minimum absolute atomic E-state index is 0.0409. The smallest absolute Gasteiger partial charge is 0.312 e. The number of nitrogens with zero attached hydrogens (tertiary/aromatic N) is 1. The first-order chi connectivity index (χ1) is 29.3. The fraction of sp³-hybridized carbons (Fsp3) is 0.375. The Morgan fingerprint density at radius 3 is 2.26 bits per heavy atom. The highest BCUT2D eigenvalue weighted by atomic mass is 16.7. The van der Waals surface area contributed by atoms with E-state index in [-0.39, 0.29) is 44.5 Å². The van der Waals surface area contributed by atoms with Gasteiger partial charge in [0.2, 0.25) is 0 Å². The van der Waals surface area contributed by atoms with Crippen molar-refractivity contribution in [3.63, 3.8) is 0 Å². The zero-order valence-electron chi connectivity index (χ0n) is 36.2. The van der Waals surface area contributed by atoms with Gasteiger partial charge in [-0.2, -0.15) is 0 Å². The van der Waals surface area contributed by atoms with Crippen LogP contribution >= 0.6 is 0 Å². The van der Waals surface area contributed by atoms with E-state index in [4.69, 9.17) is 18.9 Å². The quantitative estimate of drug-likeness (QED) is 0.0506. The third kappa shape index (κ3) is 8.50. The predicted molar refractivity (Wildman–Crippen MR) is 235 cm³/mol. The highest BCUT2D eigenvalue weighted by Gasteiger charge is 2.50. The Kier molecular flexibility index (Phi) is 13.2. The Balaban J connectivity index is 1.54. The third-order valence-corrected chi connectivity index (χ3v) is 12.1. The fourth-order valence-electron chi connectivity index (χ4n) is 8.27. The number of amides is 1. The summed E-state index contributed by atoms with van der Waals surface area (Å²) in [5.74, 6) is -8.55. The van der Waals surface area contributed by atoms with Crippen molar-refractivity contribution >= 4 is 56.8 Å². The second-order valence-corrected chi connectivity index (χ2v) is 16.4. The summed E-state index contributed by atoms with van der Waals surface area (Å²) >= 11 is 0. The van der Waals surface area contributed by atoms with Crippen LogP contribution in [0, 0.1) is 30.6 Å². The van der Waals surface area contributed by atoms with Crippen LogP contribution in [0.4, 0.5) is 11.4 Å². The molecule has 7 rings (SSSR count). The van der Waals surface area contributed by atoms with Crippen molar-refractivity contribution in [3.05, 3.63) is 95.3 Å². The molecule has 1 amide bonds. The standard InChI is InChI=1S/C48H54N2O12/c1-23-13-12-14-24(2)47(58)50-38-33(22-49-32-18-17-30-15-10-11-16-31(30)21-32)42(55)35-36(43(38)56)41(54)28(6)45-37(35)46(57)48(8,62-45)60-20-19-34(59-9)25(3)44(61-29(7)51)27(5)40(53)26(4)39(23)52/h10-23,25-27,34,39-40,44,52-56H,1-9H3,(H,50,58)/b13-12+,20-19+,24-14-,49-22?/t23-,25+,26+,27+,34-,39-,40+,44+,48-/m0/s1. The van der Waals surface area contributed by atoms with Gasteiger partial charge in [0.15, 0.2) is 5.75 Å². The molecule has 4 aromatic rings. The maximum atomic E-state index is 14.5. The number of phenolic OH excluding ortho intramolecular Hbond substituents is 3. The van der Waals surface area contributed by atoms with E-state index >= 15 is 0 Å². The number of carbonyl (C=O) groups is 3. The molecule has 0 unspecified atom stereocenters. The Bertz CT molecular complexity index is 2540. The number of aliphatic hydroxyl groups is 2. The van der Waals surface area contributed by atoms with Gasteiger partial charge in [-0.05, 0) is 42.8 Å². The number of nitrogens with one attached hydrogen (secondary N) is 1. The summed E-state index contributed by atoms with van der Waals surface area (Å²) in [7, 11) is 1.43. The summed E-state index contributed by atoms with van der Waals surface area (Å²) in [6, 6.07) is 13.1. The molecular formula is C48H54N2O12. The number of aliphatic imine (C=N–C) groups is 1. The van der Waals surface area contributed by atoms with Crippen LogP contribution in [0.3, 0.4) is 0 Å². The Hall–Kier alpha value is -6.22. The summed E-state index contributed by atoms with van der Waals surface area (Å²) in [6.45, 7) is 12.5. The molecule has 0 saturated carbocycles. The highest BCUT2D eigenvalue weighted by Crippen LogP contribution is 2.55. The van der Waals surface area contributed by atoms with Gasteiger partial charge < -0.3 is 49.8 Å². The highest BCUT2D eigenvalue weighted by molar-refractivity contribution is 6.24. The molecule has 14 heteroatoms. The van der Waals surface area contributed by atoms with E-state index in [1.54, 1.807) is 45.9 Å². The number of methoxy groups -OCH3 is 1. The monoisotopic (exact) mass is 850 g/mol. The number of fused-ring (bicyclic) bond motifs is 15. The molecule has 9 atom stereocenters. The molecular weight excluding hydrogens is 797 g/mol. The lowest BCUT2D eigenvalue weighted by atomic mass is 9.78. The average Bonchev–Trinajstić information content (AvgIpc) is 3.51. The summed E-state index contributed by atoms with van der Waals surface area (Å²) < 4.78 is 23.6. The molecule has 3 heterocycles. The molecule has 0 saturated heterocycles. The fourth-order valence-corrected chi connectivity index (χ4v) is 8.27. The minimum Gasteiger partial charge on any atom is -0.507 e. The van der Waals surface area contributed by atoms with Crippen molar-refractivity contribution in [1.29, 1.82) is 0 Å². The van der Waals surface area contributed by atoms with E-state index in [0.29, 0.717) is 5.69 Å². The number of ketones is 1. The van der Waals surface area contributed by atoms with Gasteiger partial charge in [0.05, 0.1) is 52.5 Å². The molecule has 14 nitrogen and oxygen atoms in total. The minimum atomic E-state index is -2.07. The van der Waals surface area contributed by atoms with Gasteiger partial charge in [0, 0.05) is 67.4 Å². The number of benzene rings is 4. The van der Waals surface area contributed by atoms with E-state index in [2.05, 4.69) is 10.3 Å². The lowest BCUT2D eigenvalue weighted by molar-refractivity contribution is -0.160. The van der Waals surface area contributed by atoms with Crippen molar-refractivity contribution in [2.45, 2.75) is 85.6 Å². The average molecular weight is 851 g/mol. The van der Waals surface area contributed by atoms with Gasteiger partial charge in [-0.1, -0.05) is 76.3 Å². The van der Waals surface area contributed by atoms with Crippen LogP contribution in [0.1, 0.15) is 70.0 Å². The maximum Gasteiger partial charge on any atom is 0.312 e. The third-order valence-electron chi connectivity index (χ3n) is 12.1. The molecule has 3 aliphatic rings. The van der Waals surface area contributed by atoms with Gasteiger partial charge in [0.25, 0.3) is 11.7 Å². The molecule has 6 N–H and O–H groups in total. The molecule has 5 bridgehead atoms. The molecule has 62 heavy (non-hydrogen) atoms. The predicted octanol–water partition coefficient (Wildman–Crippen LogP) is 7.66. The number of aliphatic hydroxyl groups excluding tert-OH is 2. The summed E-state index contributed by atoms with van der Waals surface area (Å²) in [5, 5.41) is 62.6. The first-order valence-electron chi connectivity index (χ1n) is 20.4. The van der Waals surface area contributed by atoms with E-state index in [0.717, 1.165) is 10.8 Å². The molecule has 0 spiro atoms. The van der Waals surface area contributed by atoms with Crippen LogP contribution in [0.15, 0.2) is 83.6 Å². The number of allylic oxidation sites excluding steroid dienone is 2.